The van der Waals surface area contributed by atoms with Crippen molar-refractivity contribution in [2.45, 2.75) is 32.4 Å². The highest BCUT2D eigenvalue weighted by molar-refractivity contribution is 6.04. The van der Waals surface area contributed by atoms with E-state index in [4.69, 9.17) is 5.11 Å². The standard InChI is InChI=1S/C26H22F3N3O4/c1-25(13-22(33)34)10-9-15-11-16(5-7-20(15)23(25)35)21-8-6-19(14-30-21)32-24(36)31-18-4-2-3-17(12-18)26(27,28)29/h2-8,11-12,14H,9-10,13H2,1H3,(H,33,34)(H2,31,32,36). The van der Waals surface area contributed by atoms with Crippen molar-refractivity contribution in [3.05, 3.63) is 77.5 Å². The van der Waals surface area contributed by atoms with E-state index < -0.39 is 29.2 Å². The van der Waals surface area contributed by atoms with E-state index >= 15 is 0 Å². The summed E-state index contributed by atoms with van der Waals surface area (Å²) in [6, 6.07) is 12.1. The first kappa shape index (κ1) is 24.9. The van der Waals surface area contributed by atoms with Crippen molar-refractivity contribution in [1.82, 2.24) is 4.98 Å². The number of aromatic nitrogens is 1. The van der Waals surface area contributed by atoms with Crippen molar-refractivity contribution in [1.29, 1.82) is 0 Å². The molecule has 0 aliphatic heterocycles. The number of Topliss-reactive ketones (excluding diaryl/α,β-unsaturated/α-hetero) is 1. The van der Waals surface area contributed by atoms with E-state index in [1.165, 1.54) is 18.3 Å². The summed E-state index contributed by atoms with van der Waals surface area (Å²) in [5.74, 6) is -1.19. The minimum absolute atomic E-state index is 0.00466. The Labute approximate surface area is 204 Å². The van der Waals surface area contributed by atoms with Crippen LogP contribution in [-0.4, -0.2) is 27.9 Å². The van der Waals surface area contributed by atoms with E-state index in [-0.39, 0.29) is 17.9 Å². The zero-order chi connectivity index (χ0) is 26.1. The number of fused-ring (bicyclic) bond motifs is 1. The number of ketones is 1. The summed E-state index contributed by atoms with van der Waals surface area (Å²) in [4.78, 5) is 40.6. The summed E-state index contributed by atoms with van der Waals surface area (Å²) >= 11 is 0. The van der Waals surface area contributed by atoms with Gasteiger partial charge in [-0.25, -0.2) is 4.79 Å². The van der Waals surface area contributed by atoms with Crippen LogP contribution in [0.15, 0.2) is 60.8 Å². The number of alkyl halides is 3. The zero-order valence-corrected chi connectivity index (χ0v) is 19.1. The molecule has 2 aromatic carbocycles. The second kappa shape index (κ2) is 9.44. The number of carboxylic acid groups (broad SMARTS) is 1. The molecule has 186 valence electrons. The molecule has 3 aromatic rings. The fourth-order valence-electron chi connectivity index (χ4n) is 4.24. The van der Waals surface area contributed by atoms with Crippen LogP contribution < -0.4 is 10.6 Å². The van der Waals surface area contributed by atoms with Gasteiger partial charge in [0.2, 0.25) is 0 Å². The van der Waals surface area contributed by atoms with Crippen LogP contribution in [0, 0.1) is 5.41 Å². The molecule has 1 heterocycles. The number of urea groups is 1. The molecule has 0 spiro atoms. The fourth-order valence-corrected chi connectivity index (χ4v) is 4.24. The van der Waals surface area contributed by atoms with Crippen LogP contribution in [0.5, 0.6) is 0 Å². The Hall–Kier alpha value is -4.21. The highest BCUT2D eigenvalue weighted by Crippen LogP contribution is 2.39. The lowest BCUT2D eigenvalue weighted by atomic mass is 9.69. The first-order valence-corrected chi connectivity index (χ1v) is 11.1. The molecular formula is C26H22F3N3O4. The number of hydrogen-bond donors (Lipinski definition) is 3. The highest BCUT2D eigenvalue weighted by Gasteiger charge is 2.40. The highest BCUT2D eigenvalue weighted by atomic mass is 19.4. The summed E-state index contributed by atoms with van der Waals surface area (Å²) in [7, 11) is 0. The number of nitrogens with one attached hydrogen (secondary N) is 2. The SMILES string of the molecule is CC1(CC(=O)O)CCc2cc(-c3ccc(NC(=O)Nc4cccc(C(F)(F)F)c4)cn3)ccc2C1=O. The number of anilines is 2. The third-order valence-electron chi connectivity index (χ3n) is 6.15. The van der Waals surface area contributed by atoms with Crippen LogP contribution in [0.3, 0.4) is 0 Å². The quantitative estimate of drug-likeness (QED) is 0.399. The molecule has 3 N–H and O–H groups in total. The van der Waals surface area contributed by atoms with Gasteiger partial charge in [-0.3, -0.25) is 14.6 Å². The van der Waals surface area contributed by atoms with Gasteiger partial charge in [0.15, 0.2) is 5.78 Å². The van der Waals surface area contributed by atoms with Gasteiger partial charge in [0, 0.05) is 22.2 Å². The lowest BCUT2D eigenvalue weighted by Gasteiger charge is -2.32. The van der Waals surface area contributed by atoms with Crippen molar-refractivity contribution in [2.75, 3.05) is 10.6 Å². The molecule has 0 saturated heterocycles. The number of nitrogens with zero attached hydrogens (tertiary/aromatic N) is 1. The number of rotatable bonds is 5. The number of hydrogen-bond acceptors (Lipinski definition) is 4. The van der Waals surface area contributed by atoms with E-state index in [9.17, 15) is 27.6 Å². The number of aliphatic carboxylic acids is 1. The molecule has 0 bridgehead atoms. The summed E-state index contributed by atoms with van der Waals surface area (Å²) < 4.78 is 38.5. The molecule has 0 radical (unpaired) electrons. The van der Waals surface area contributed by atoms with Gasteiger partial charge in [0.1, 0.15) is 0 Å². The van der Waals surface area contributed by atoms with E-state index in [2.05, 4.69) is 15.6 Å². The van der Waals surface area contributed by atoms with Gasteiger partial charge in [0.25, 0.3) is 0 Å². The maximum absolute atomic E-state index is 12.9. The molecule has 1 aliphatic carbocycles. The van der Waals surface area contributed by atoms with Gasteiger partial charge in [-0.15, -0.1) is 0 Å². The van der Waals surface area contributed by atoms with Gasteiger partial charge >= 0.3 is 18.2 Å². The Morgan fingerprint density at radius 1 is 1.06 bits per heavy atom. The van der Waals surface area contributed by atoms with Gasteiger partial charge in [-0.1, -0.05) is 25.1 Å². The monoisotopic (exact) mass is 497 g/mol. The molecule has 4 rings (SSSR count). The molecule has 36 heavy (non-hydrogen) atoms. The Bertz CT molecular complexity index is 1340. The molecular weight excluding hydrogens is 475 g/mol. The number of halogens is 3. The maximum Gasteiger partial charge on any atom is 0.416 e. The Morgan fingerprint density at radius 2 is 1.81 bits per heavy atom. The summed E-state index contributed by atoms with van der Waals surface area (Å²) in [5, 5.41) is 14.0. The molecule has 1 aliphatic rings. The number of carboxylic acids is 1. The average Bonchev–Trinajstić information content (AvgIpc) is 2.81. The average molecular weight is 497 g/mol. The summed E-state index contributed by atoms with van der Waals surface area (Å²) in [5.41, 5.74) is 1.21. The molecule has 0 saturated carbocycles. The maximum atomic E-state index is 12.9. The molecule has 2 amide bonds. The van der Waals surface area contributed by atoms with E-state index in [1.54, 1.807) is 31.2 Å². The van der Waals surface area contributed by atoms with Crippen LogP contribution in [0.1, 0.15) is 41.3 Å². The van der Waals surface area contributed by atoms with Crippen molar-refractivity contribution >= 4 is 29.2 Å². The lowest BCUT2D eigenvalue weighted by Crippen LogP contribution is -2.35. The molecule has 0 fully saturated rings. The summed E-state index contributed by atoms with van der Waals surface area (Å²) in [6.07, 6.45) is -2.32. The molecule has 1 aromatic heterocycles. The number of carbonyl (C=O) groups excluding carboxylic acids is 2. The minimum atomic E-state index is -4.52. The number of aryl methyl sites for hydroxylation is 1. The normalized spacial score (nSPS) is 17.3. The lowest BCUT2D eigenvalue weighted by molar-refractivity contribution is -0.139. The third-order valence-corrected chi connectivity index (χ3v) is 6.15. The largest absolute Gasteiger partial charge is 0.481 e. The van der Waals surface area contributed by atoms with Crippen LogP contribution in [0.25, 0.3) is 11.3 Å². The Balaban J connectivity index is 1.44. The van der Waals surface area contributed by atoms with Crippen molar-refractivity contribution in [3.8, 4) is 11.3 Å². The van der Waals surface area contributed by atoms with Gasteiger partial charge in [0.05, 0.1) is 29.6 Å². The van der Waals surface area contributed by atoms with Gasteiger partial charge in [-0.05, 0) is 54.8 Å². The molecule has 10 heteroatoms. The predicted octanol–water partition coefficient (Wildman–Crippen LogP) is 6.02. The predicted molar refractivity (Wildman–Crippen MR) is 127 cm³/mol. The van der Waals surface area contributed by atoms with Gasteiger partial charge < -0.3 is 15.7 Å². The number of benzene rings is 2. The van der Waals surface area contributed by atoms with E-state index in [0.717, 1.165) is 23.3 Å². The molecule has 1 unspecified atom stereocenters. The summed E-state index contributed by atoms with van der Waals surface area (Å²) in [6.45, 7) is 1.68. The topological polar surface area (TPSA) is 108 Å². The zero-order valence-electron chi connectivity index (χ0n) is 19.1. The second-order valence-corrected chi connectivity index (χ2v) is 8.92. The van der Waals surface area contributed by atoms with Crippen molar-refractivity contribution < 1.29 is 32.7 Å². The number of carbonyl (C=O) groups is 3. The minimum Gasteiger partial charge on any atom is -0.481 e. The van der Waals surface area contributed by atoms with Crippen LogP contribution in [0.4, 0.5) is 29.3 Å². The van der Waals surface area contributed by atoms with Crippen molar-refractivity contribution in [2.24, 2.45) is 5.41 Å². The first-order chi connectivity index (χ1) is 16.9. The number of amides is 2. The van der Waals surface area contributed by atoms with Crippen LogP contribution >= 0.6 is 0 Å². The van der Waals surface area contributed by atoms with Crippen molar-refractivity contribution in [3.63, 3.8) is 0 Å². The molecule has 7 nitrogen and oxygen atoms in total. The fraction of sp³-hybridized carbons (Fsp3) is 0.231. The Morgan fingerprint density at radius 3 is 2.47 bits per heavy atom. The number of pyridine rings is 1. The molecule has 1 atom stereocenters. The van der Waals surface area contributed by atoms with Crippen LogP contribution in [-0.2, 0) is 17.4 Å². The smallest absolute Gasteiger partial charge is 0.416 e. The van der Waals surface area contributed by atoms with Crippen LogP contribution in [0.2, 0.25) is 0 Å². The Kier molecular flexibility index (Phi) is 6.53. The third kappa shape index (κ3) is 5.37. The van der Waals surface area contributed by atoms with E-state index in [0.29, 0.717) is 29.8 Å². The second-order valence-electron chi connectivity index (χ2n) is 8.92. The van der Waals surface area contributed by atoms with E-state index in [1.807, 2.05) is 6.07 Å². The van der Waals surface area contributed by atoms with Gasteiger partial charge in [-0.2, -0.15) is 13.2 Å². The first-order valence-electron chi connectivity index (χ1n) is 11.1.